The van der Waals surface area contributed by atoms with Crippen molar-refractivity contribution in [3.05, 3.63) is 58.2 Å². The van der Waals surface area contributed by atoms with E-state index in [4.69, 9.17) is 0 Å². The predicted molar refractivity (Wildman–Crippen MR) is 159 cm³/mol. The lowest BCUT2D eigenvalue weighted by Gasteiger charge is -2.35. The number of halogens is 8. The van der Waals surface area contributed by atoms with Crippen LogP contribution in [0.3, 0.4) is 0 Å². The van der Waals surface area contributed by atoms with Gasteiger partial charge in [0.05, 0.1) is 0 Å². The van der Waals surface area contributed by atoms with Gasteiger partial charge in [-0.05, 0) is 117 Å². The number of benzene rings is 2. The number of rotatable bonds is 9. The summed E-state index contributed by atoms with van der Waals surface area (Å²) >= 11 is 0. The Morgan fingerprint density at radius 1 is 0.814 bits per heavy atom. The largest absolute Gasteiger partial charge is 0.408 e. The molecule has 244 valence electrons. The van der Waals surface area contributed by atoms with E-state index in [2.05, 4.69) is 5.32 Å². The maximum Gasteiger partial charge on any atom is 0.408 e. The Hall–Kier alpha value is -2.52. The third-order valence-electron chi connectivity index (χ3n) is 7.89. The fourth-order valence-corrected chi connectivity index (χ4v) is 5.23. The van der Waals surface area contributed by atoms with E-state index >= 15 is 0 Å². The minimum absolute atomic E-state index is 0.00546. The molecule has 0 bridgehead atoms. The van der Waals surface area contributed by atoms with E-state index in [1.807, 2.05) is 27.7 Å². The second kappa shape index (κ2) is 15.0. The maximum absolute atomic E-state index is 14.0. The molecule has 0 heterocycles. The summed E-state index contributed by atoms with van der Waals surface area (Å²) < 4.78 is 107. The molecule has 2 atom stereocenters. The van der Waals surface area contributed by atoms with Gasteiger partial charge in [0.25, 0.3) is 0 Å². The fraction of sp³-hybridized carbons (Fsp3) is 0.636. The van der Waals surface area contributed by atoms with E-state index in [0.29, 0.717) is 53.2 Å². The fourth-order valence-electron chi connectivity index (χ4n) is 5.23. The van der Waals surface area contributed by atoms with Gasteiger partial charge in [0.1, 0.15) is 23.7 Å². The molecule has 2 nitrogen and oxygen atoms in total. The first-order valence-corrected chi connectivity index (χ1v) is 15.2. The maximum atomic E-state index is 14.0. The Morgan fingerprint density at radius 2 is 1.40 bits per heavy atom. The van der Waals surface area contributed by atoms with Gasteiger partial charge in [0.15, 0.2) is 0 Å². The third-order valence-corrected chi connectivity index (χ3v) is 7.89. The number of hydrogen-bond donors (Lipinski definition) is 1. The Balaban J connectivity index is 0.000000284. The molecule has 2 aromatic carbocycles. The lowest BCUT2D eigenvalue weighted by Crippen LogP contribution is -2.46. The average Bonchev–Trinajstić information content (AvgIpc) is 3.80. The molecule has 2 aliphatic carbocycles. The topological polar surface area (TPSA) is 15.3 Å². The smallest absolute Gasteiger partial charge is 0.374 e. The van der Waals surface area contributed by atoms with E-state index in [9.17, 15) is 35.1 Å². The molecule has 2 aliphatic rings. The summed E-state index contributed by atoms with van der Waals surface area (Å²) in [5, 5.41) is 2.46. The van der Waals surface area contributed by atoms with Gasteiger partial charge in [-0.2, -0.15) is 26.3 Å². The van der Waals surface area contributed by atoms with Crippen LogP contribution in [0.1, 0.15) is 94.9 Å². The zero-order valence-electron chi connectivity index (χ0n) is 26.4. The molecular weight excluding hydrogens is 576 g/mol. The quantitative estimate of drug-likeness (QED) is 0.280. The van der Waals surface area contributed by atoms with Crippen molar-refractivity contribution in [1.82, 2.24) is 0 Å². The Morgan fingerprint density at radius 3 is 1.79 bits per heavy atom. The molecule has 0 saturated heterocycles. The van der Waals surface area contributed by atoms with Crippen molar-refractivity contribution in [2.45, 2.75) is 118 Å². The van der Waals surface area contributed by atoms with Gasteiger partial charge in [-0.25, -0.2) is 8.78 Å². The Bertz CT molecular complexity index is 1130. The summed E-state index contributed by atoms with van der Waals surface area (Å²) in [7, 11) is 0. The standard InChI is InChI=1S/C16H21F4N.C15H19F4N.C2H6/c1-4-15(16(18,19)20)21(9-12-5-6-12)13-7-10(2)11(3)14(17)8-13;1-8(2)13-9(3)6-11(7-12(13)16)20-14(10-4-5-10)15(17,18)19;1-2/h7-8,12,15H,4-6,9H2,1-3H3;6-8,10,14,20H,4-5H2,1-3H3;1-2H3. The molecule has 10 heteroatoms. The van der Waals surface area contributed by atoms with E-state index in [-0.39, 0.29) is 23.9 Å². The molecule has 4 rings (SSSR count). The van der Waals surface area contributed by atoms with Crippen molar-refractivity contribution in [2.75, 3.05) is 16.8 Å². The lowest BCUT2D eigenvalue weighted by molar-refractivity contribution is -0.149. The van der Waals surface area contributed by atoms with Crippen LogP contribution in [-0.2, 0) is 0 Å². The summed E-state index contributed by atoms with van der Waals surface area (Å²) in [5.74, 6) is -0.970. The Kier molecular flexibility index (Phi) is 12.8. The van der Waals surface area contributed by atoms with Gasteiger partial charge >= 0.3 is 12.4 Å². The van der Waals surface area contributed by atoms with E-state index in [1.165, 1.54) is 24.0 Å². The number of anilines is 2. The highest BCUT2D eigenvalue weighted by Crippen LogP contribution is 2.42. The molecular formula is C33H46F8N2. The third kappa shape index (κ3) is 10.3. The number of nitrogens with zero attached hydrogens (tertiary/aromatic N) is 1. The van der Waals surface area contributed by atoms with Crippen LogP contribution in [0.2, 0.25) is 0 Å². The highest BCUT2D eigenvalue weighted by Gasteiger charge is 2.49. The predicted octanol–water partition coefficient (Wildman–Crippen LogP) is 11.0. The second-order valence-corrected chi connectivity index (χ2v) is 11.8. The van der Waals surface area contributed by atoms with Crippen molar-refractivity contribution < 1.29 is 35.1 Å². The normalized spacial score (nSPS) is 16.5. The molecule has 0 aliphatic heterocycles. The number of alkyl halides is 6. The molecule has 0 radical (unpaired) electrons. The number of hydrogen-bond acceptors (Lipinski definition) is 2. The Labute approximate surface area is 251 Å². The molecule has 43 heavy (non-hydrogen) atoms. The molecule has 0 aromatic heterocycles. The second-order valence-electron chi connectivity index (χ2n) is 11.8. The minimum Gasteiger partial charge on any atom is -0.374 e. The van der Waals surface area contributed by atoms with Crippen molar-refractivity contribution >= 4 is 11.4 Å². The van der Waals surface area contributed by atoms with Gasteiger partial charge in [-0.15, -0.1) is 0 Å². The van der Waals surface area contributed by atoms with Crippen LogP contribution in [0.4, 0.5) is 46.5 Å². The zero-order chi connectivity index (χ0) is 32.9. The van der Waals surface area contributed by atoms with Crippen LogP contribution >= 0.6 is 0 Å². The summed E-state index contributed by atoms with van der Waals surface area (Å²) in [6.07, 6.45) is -5.59. The molecule has 1 N–H and O–H groups in total. The zero-order valence-corrected chi connectivity index (χ0v) is 26.4. The van der Waals surface area contributed by atoms with E-state index in [0.717, 1.165) is 12.8 Å². The molecule has 2 unspecified atom stereocenters. The minimum atomic E-state index is -4.31. The van der Waals surface area contributed by atoms with Gasteiger partial charge < -0.3 is 10.2 Å². The van der Waals surface area contributed by atoms with Crippen molar-refractivity contribution in [2.24, 2.45) is 11.8 Å². The highest BCUT2D eigenvalue weighted by atomic mass is 19.4. The first-order valence-electron chi connectivity index (χ1n) is 15.2. The van der Waals surface area contributed by atoms with Crippen LogP contribution in [0.15, 0.2) is 24.3 Å². The molecule has 2 saturated carbocycles. The van der Waals surface area contributed by atoms with Crippen molar-refractivity contribution in [1.29, 1.82) is 0 Å². The van der Waals surface area contributed by atoms with Crippen LogP contribution in [0.5, 0.6) is 0 Å². The first-order chi connectivity index (χ1) is 19.9. The van der Waals surface area contributed by atoms with Gasteiger partial charge in [0, 0.05) is 17.9 Å². The van der Waals surface area contributed by atoms with Gasteiger partial charge in [-0.1, -0.05) is 34.6 Å². The van der Waals surface area contributed by atoms with Crippen LogP contribution in [0.25, 0.3) is 0 Å². The average molecular weight is 623 g/mol. The molecule has 0 spiro atoms. The number of nitrogens with one attached hydrogen (secondary N) is 1. The van der Waals surface area contributed by atoms with Crippen molar-refractivity contribution in [3.8, 4) is 0 Å². The van der Waals surface area contributed by atoms with E-state index in [1.54, 1.807) is 32.9 Å². The van der Waals surface area contributed by atoms with E-state index < -0.39 is 36.1 Å². The monoisotopic (exact) mass is 622 g/mol. The summed E-state index contributed by atoms with van der Waals surface area (Å²) in [6.45, 7) is 14.7. The van der Waals surface area contributed by atoms with Crippen molar-refractivity contribution in [3.63, 3.8) is 0 Å². The van der Waals surface area contributed by atoms with Crippen LogP contribution in [0, 0.1) is 44.2 Å². The molecule has 2 fully saturated rings. The lowest BCUT2D eigenvalue weighted by atomic mass is 9.96. The number of aryl methyl sites for hydroxylation is 2. The first kappa shape index (κ1) is 36.7. The van der Waals surface area contributed by atoms with Gasteiger partial charge in [0.2, 0.25) is 0 Å². The summed E-state index contributed by atoms with van der Waals surface area (Å²) in [6, 6.07) is 2.53. The summed E-state index contributed by atoms with van der Waals surface area (Å²) in [5.41, 5.74) is 2.96. The highest BCUT2D eigenvalue weighted by molar-refractivity contribution is 5.53. The van der Waals surface area contributed by atoms with Crippen LogP contribution in [-0.4, -0.2) is 31.0 Å². The SMILES string of the molecule is CC.CCC(N(CC1CC1)c1cc(C)c(C)c(F)c1)C(F)(F)F.Cc1cc(NC(C2CC2)C(F)(F)F)cc(F)c1C(C)C. The molecule has 0 amide bonds. The summed E-state index contributed by atoms with van der Waals surface area (Å²) in [4.78, 5) is 1.34. The van der Waals surface area contributed by atoms with Crippen LogP contribution < -0.4 is 10.2 Å². The molecule has 2 aromatic rings. The van der Waals surface area contributed by atoms with Gasteiger partial charge in [-0.3, -0.25) is 0 Å².